The third kappa shape index (κ3) is 9.85. The molecule has 1 aliphatic carbocycles. The lowest BCUT2D eigenvalue weighted by atomic mass is 9.89. The van der Waals surface area contributed by atoms with Crippen molar-refractivity contribution < 1.29 is 19.1 Å². The summed E-state index contributed by atoms with van der Waals surface area (Å²) in [5.41, 5.74) is 7.21. The van der Waals surface area contributed by atoms with Gasteiger partial charge in [-0.2, -0.15) is 0 Å². The fraction of sp³-hybridized carbons (Fsp3) is 0.531. The van der Waals surface area contributed by atoms with Gasteiger partial charge in [-0.25, -0.2) is 0 Å². The molecule has 11 heteroatoms. The van der Waals surface area contributed by atoms with E-state index in [9.17, 15) is 14.4 Å². The number of thiol groups is 1. The van der Waals surface area contributed by atoms with Crippen LogP contribution in [-0.4, -0.2) is 72.4 Å². The van der Waals surface area contributed by atoms with Gasteiger partial charge in [-0.1, -0.05) is 66.7 Å². The van der Waals surface area contributed by atoms with E-state index in [1.165, 1.54) is 0 Å². The number of carbonyl (C=O) groups is 3. The fourth-order valence-corrected chi connectivity index (χ4v) is 6.86. The average Bonchev–Trinajstić information content (AvgIpc) is 3.23. The first kappa shape index (κ1) is 33.6. The van der Waals surface area contributed by atoms with Crippen LogP contribution in [0.15, 0.2) is 47.4 Å². The molecule has 3 N–H and O–H groups in total. The number of halogens is 2. The second-order valence-corrected chi connectivity index (χ2v) is 12.7. The average molecular weight is 650 g/mol. The smallest absolute Gasteiger partial charge is 0.306 e. The molecular weight excluding hydrogens is 607 g/mol. The molecular formula is C32H42Cl2N4O4S. The van der Waals surface area contributed by atoms with E-state index in [0.717, 1.165) is 48.1 Å². The van der Waals surface area contributed by atoms with Crippen LogP contribution in [0.25, 0.3) is 0 Å². The van der Waals surface area contributed by atoms with Gasteiger partial charge in [0.05, 0.1) is 0 Å². The summed E-state index contributed by atoms with van der Waals surface area (Å²) in [5, 5.41) is 3.83. The second-order valence-electron chi connectivity index (χ2n) is 11.4. The number of nitrogens with one attached hydrogen (secondary N) is 1. The highest BCUT2D eigenvalue weighted by Gasteiger charge is 2.35. The predicted molar refractivity (Wildman–Crippen MR) is 172 cm³/mol. The molecule has 1 saturated heterocycles. The molecule has 0 spiro atoms. The Balaban J connectivity index is 1.36. The van der Waals surface area contributed by atoms with Crippen LogP contribution in [0.4, 0.5) is 0 Å². The van der Waals surface area contributed by atoms with Crippen LogP contribution < -0.4 is 11.1 Å². The number of piperazine rings is 1. The summed E-state index contributed by atoms with van der Waals surface area (Å²) in [6.45, 7) is 2.93. The Morgan fingerprint density at radius 2 is 1.74 bits per heavy atom. The minimum Gasteiger partial charge on any atom is -0.461 e. The number of ether oxygens (including phenoxy) is 1. The van der Waals surface area contributed by atoms with Crippen LogP contribution in [0.1, 0.15) is 56.1 Å². The standard InChI is InChI=1S/C32H42Cl2N4O4S/c33-25-11-10-22(26(34)20-25)18-27(36-30(39)12-13-35)32(41)38-16-14-37(15-17-38)28-8-3-1-2-6-23(28)19-31(40)42-21-24-7-4-5-9-29(24)43/h4-5,7,9-11,20,23,27-28,43H,1-3,6,8,12-19,21,35H2,(H,36,39). The SMILES string of the molecule is NCCC(=O)NC(Cc1ccc(Cl)cc1Cl)C(=O)N1CCN(C2CCCCCC2CC(=O)OCc2ccccc2S)CC1. The summed E-state index contributed by atoms with van der Waals surface area (Å²) in [6, 6.07) is 12.3. The van der Waals surface area contributed by atoms with Gasteiger partial charge in [0.2, 0.25) is 11.8 Å². The maximum atomic E-state index is 13.7. The summed E-state index contributed by atoms with van der Waals surface area (Å²) < 4.78 is 5.66. The summed E-state index contributed by atoms with van der Waals surface area (Å²) in [6.07, 6.45) is 6.18. The lowest BCUT2D eigenvalue weighted by Gasteiger charge is -2.42. The van der Waals surface area contributed by atoms with Crippen LogP contribution in [0, 0.1) is 5.92 Å². The van der Waals surface area contributed by atoms with Crippen LogP contribution in [0.2, 0.25) is 10.0 Å². The molecule has 2 fully saturated rings. The lowest BCUT2D eigenvalue weighted by Crippen LogP contribution is -2.58. The maximum absolute atomic E-state index is 13.7. The van der Waals surface area contributed by atoms with Crippen molar-refractivity contribution in [2.24, 2.45) is 11.7 Å². The molecule has 1 saturated carbocycles. The van der Waals surface area contributed by atoms with Crippen molar-refractivity contribution in [3.05, 3.63) is 63.6 Å². The molecule has 3 atom stereocenters. The van der Waals surface area contributed by atoms with E-state index < -0.39 is 6.04 Å². The second kappa shape index (κ2) is 16.7. The van der Waals surface area contributed by atoms with Gasteiger partial charge in [-0.15, -0.1) is 12.6 Å². The molecule has 2 aromatic carbocycles. The van der Waals surface area contributed by atoms with Gasteiger partial charge in [-0.3, -0.25) is 19.3 Å². The number of nitrogens with two attached hydrogens (primary N) is 1. The highest BCUT2D eigenvalue weighted by atomic mass is 35.5. The Bertz CT molecular complexity index is 1260. The van der Waals surface area contributed by atoms with E-state index >= 15 is 0 Å². The first-order valence-corrected chi connectivity index (χ1v) is 16.3. The zero-order valence-corrected chi connectivity index (χ0v) is 26.9. The molecule has 1 heterocycles. The van der Waals surface area contributed by atoms with Crippen molar-refractivity contribution in [2.75, 3.05) is 32.7 Å². The van der Waals surface area contributed by atoms with Gasteiger partial charge in [0.25, 0.3) is 0 Å². The summed E-state index contributed by atoms with van der Waals surface area (Å²) in [4.78, 5) is 44.1. The van der Waals surface area contributed by atoms with Gasteiger partial charge in [0, 0.05) is 78.5 Å². The number of nitrogens with zero attached hydrogens (tertiary/aromatic N) is 2. The number of carbonyl (C=O) groups excluding carboxylic acids is 3. The monoisotopic (exact) mass is 648 g/mol. The van der Waals surface area contributed by atoms with Gasteiger partial charge in [0.15, 0.2) is 0 Å². The number of amides is 2. The number of hydrogen-bond donors (Lipinski definition) is 3. The van der Waals surface area contributed by atoms with Crippen molar-refractivity contribution in [2.45, 2.75) is 75.0 Å². The molecule has 0 radical (unpaired) electrons. The largest absolute Gasteiger partial charge is 0.461 e. The van der Waals surface area contributed by atoms with Gasteiger partial charge < -0.3 is 20.7 Å². The van der Waals surface area contributed by atoms with Crippen LogP contribution >= 0.6 is 35.8 Å². The Labute approximate surface area is 270 Å². The summed E-state index contributed by atoms with van der Waals surface area (Å²) in [7, 11) is 0. The van der Waals surface area contributed by atoms with Crippen LogP contribution in [0.5, 0.6) is 0 Å². The third-order valence-electron chi connectivity index (χ3n) is 8.47. The van der Waals surface area contributed by atoms with E-state index in [-0.39, 0.29) is 55.7 Å². The molecule has 43 heavy (non-hydrogen) atoms. The molecule has 0 aromatic heterocycles. The Morgan fingerprint density at radius 1 is 1.00 bits per heavy atom. The molecule has 8 nitrogen and oxygen atoms in total. The van der Waals surface area contributed by atoms with Gasteiger partial charge in [-0.05, 0) is 42.5 Å². The first-order valence-electron chi connectivity index (χ1n) is 15.1. The van der Waals surface area contributed by atoms with E-state index in [0.29, 0.717) is 42.6 Å². The molecule has 2 aliphatic rings. The highest BCUT2D eigenvalue weighted by Crippen LogP contribution is 2.31. The van der Waals surface area contributed by atoms with Crippen molar-refractivity contribution >= 4 is 53.6 Å². The van der Waals surface area contributed by atoms with Crippen LogP contribution in [0.3, 0.4) is 0 Å². The minimum atomic E-state index is -0.757. The zero-order chi connectivity index (χ0) is 30.8. The predicted octanol–water partition coefficient (Wildman–Crippen LogP) is 4.88. The fourth-order valence-electron chi connectivity index (χ4n) is 6.15. The highest BCUT2D eigenvalue weighted by molar-refractivity contribution is 7.80. The molecule has 234 valence electrons. The third-order valence-corrected chi connectivity index (χ3v) is 9.49. The normalized spacial score (nSPS) is 20.2. The van der Waals surface area contributed by atoms with Crippen molar-refractivity contribution in [1.29, 1.82) is 0 Å². The van der Waals surface area contributed by atoms with Crippen molar-refractivity contribution in [1.82, 2.24) is 15.1 Å². The number of rotatable bonds is 11. The molecule has 2 amide bonds. The lowest BCUT2D eigenvalue weighted by molar-refractivity contribution is -0.147. The Hall–Kier alpha value is -2.30. The van der Waals surface area contributed by atoms with Crippen molar-refractivity contribution in [3.63, 3.8) is 0 Å². The van der Waals surface area contributed by atoms with Gasteiger partial charge >= 0.3 is 5.97 Å². The van der Waals surface area contributed by atoms with E-state index in [1.807, 2.05) is 29.2 Å². The maximum Gasteiger partial charge on any atom is 0.306 e. The van der Waals surface area contributed by atoms with Crippen molar-refractivity contribution in [3.8, 4) is 0 Å². The quantitative estimate of drug-likeness (QED) is 0.182. The van der Waals surface area contributed by atoms with E-state index in [1.54, 1.807) is 18.2 Å². The zero-order valence-electron chi connectivity index (χ0n) is 24.5. The summed E-state index contributed by atoms with van der Waals surface area (Å²) >= 11 is 16.9. The molecule has 2 aromatic rings. The van der Waals surface area contributed by atoms with Crippen LogP contribution in [-0.2, 0) is 32.1 Å². The molecule has 1 aliphatic heterocycles. The molecule has 3 unspecified atom stereocenters. The van der Waals surface area contributed by atoms with E-state index in [4.69, 9.17) is 33.7 Å². The number of benzene rings is 2. The number of esters is 1. The number of hydrogen-bond acceptors (Lipinski definition) is 7. The van der Waals surface area contributed by atoms with E-state index in [2.05, 4.69) is 22.8 Å². The Morgan fingerprint density at radius 3 is 2.47 bits per heavy atom. The Kier molecular flexibility index (Phi) is 13.0. The minimum absolute atomic E-state index is 0.137. The van der Waals surface area contributed by atoms with Gasteiger partial charge in [0.1, 0.15) is 12.6 Å². The summed E-state index contributed by atoms with van der Waals surface area (Å²) in [5.74, 6) is -0.379. The first-order chi connectivity index (χ1) is 20.7. The molecule has 4 rings (SSSR count). The molecule has 0 bridgehead atoms. The topological polar surface area (TPSA) is 105 Å².